The van der Waals surface area contributed by atoms with E-state index in [1.807, 2.05) is 0 Å². The minimum Gasteiger partial charge on any atom is -0.311 e. The molecule has 1 nitrogen and oxygen atoms in total. The maximum atomic E-state index is 3.48. The van der Waals surface area contributed by atoms with Gasteiger partial charge in [-0.1, -0.05) is 45.3 Å². The van der Waals surface area contributed by atoms with Crippen molar-refractivity contribution >= 4 is 0 Å². The summed E-state index contributed by atoms with van der Waals surface area (Å²) in [4.78, 5) is 0. The average Bonchev–Trinajstić information content (AvgIpc) is 2.15. The predicted octanol–water partition coefficient (Wildman–Crippen LogP) is 3.76. The summed E-state index contributed by atoms with van der Waals surface area (Å²) in [6.07, 6.45) is 8.17. The molecule has 15 heavy (non-hydrogen) atoms. The molecule has 2 atom stereocenters. The van der Waals surface area contributed by atoms with Gasteiger partial charge in [-0.3, -0.25) is 0 Å². The van der Waals surface area contributed by atoms with Crippen molar-refractivity contribution in [1.29, 1.82) is 0 Å². The van der Waals surface area contributed by atoms with Crippen LogP contribution in [0.25, 0.3) is 0 Å². The number of allylic oxidation sites excluding steroid dienone is 1. The van der Waals surface area contributed by atoms with E-state index in [4.69, 9.17) is 0 Å². The molecule has 0 aliphatic heterocycles. The largest absolute Gasteiger partial charge is 0.311 e. The van der Waals surface area contributed by atoms with Crippen LogP contribution in [0.4, 0.5) is 0 Å². The highest BCUT2D eigenvalue weighted by atomic mass is 14.9. The standard InChI is InChI=1S/C14H27N/c1-11(2)15-10-13(4)9-14-7-5-6-12(3)8-14/h9,11-12,14-15H,5-8,10H2,1-4H3/b13-9+. The summed E-state index contributed by atoms with van der Waals surface area (Å²) in [5.41, 5.74) is 1.52. The van der Waals surface area contributed by atoms with Gasteiger partial charge in [-0.05, 0) is 31.6 Å². The summed E-state index contributed by atoms with van der Waals surface area (Å²) < 4.78 is 0. The minimum atomic E-state index is 0.596. The first kappa shape index (κ1) is 12.8. The van der Waals surface area contributed by atoms with Gasteiger partial charge >= 0.3 is 0 Å². The third-order valence-corrected chi connectivity index (χ3v) is 3.29. The molecule has 0 aromatic carbocycles. The fourth-order valence-corrected chi connectivity index (χ4v) is 2.46. The van der Waals surface area contributed by atoms with Crippen molar-refractivity contribution in [3.05, 3.63) is 11.6 Å². The summed E-state index contributed by atoms with van der Waals surface area (Å²) in [7, 11) is 0. The molecule has 1 saturated carbocycles. The fourth-order valence-electron chi connectivity index (χ4n) is 2.46. The zero-order valence-electron chi connectivity index (χ0n) is 10.8. The van der Waals surface area contributed by atoms with Gasteiger partial charge in [0.15, 0.2) is 0 Å². The van der Waals surface area contributed by atoms with Gasteiger partial charge in [0, 0.05) is 12.6 Å². The monoisotopic (exact) mass is 209 g/mol. The maximum absolute atomic E-state index is 3.48. The van der Waals surface area contributed by atoms with Crippen LogP contribution in [0.2, 0.25) is 0 Å². The van der Waals surface area contributed by atoms with E-state index in [1.54, 1.807) is 0 Å². The first-order valence-electron chi connectivity index (χ1n) is 6.48. The van der Waals surface area contributed by atoms with Crippen molar-refractivity contribution in [3.63, 3.8) is 0 Å². The van der Waals surface area contributed by atoms with E-state index in [0.29, 0.717) is 6.04 Å². The highest BCUT2D eigenvalue weighted by Crippen LogP contribution is 2.29. The third kappa shape index (κ3) is 5.36. The zero-order valence-corrected chi connectivity index (χ0v) is 10.8. The van der Waals surface area contributed by atoms with Crippen LogP contribution in [-0.2, 0) is 0 Å². The topological polar surface area (TPSA) is 12.0 Å². The Bertz CT molecular complexity index is 205. The second kappa shape index (κ2) is 6.32. The lowest BCUT2D eigenvalue weighted by Crippen LogP contribution is -2.24. The lowest BCUT2D eigenvalue weighted by Gasteiger charge is -2.25. The van der Waals surface area contributed by atoms with Gasteiger partial charge < -0.3 is 5.32 Å². The molecule has 1 heteroatoms. The third-order valence-electron chi connectivity index (χ3n) is 3.29. The highest BCUT2D eigenvalue weighted by Gasteiger charge is 2.16. The van der Waals surface area contributed by atoms with Gasteiger partial charge in [0.05, 0.1) is 0 Å². The SMILES string of the molecule is C/C(=C\C1CCCC(C)C1)CNC(C)C. The van der Waals surface area contributed by atoms with Gasteiger partial charge in [0.1, 0.15) is 0 Å². The maximum Gasteiger partial charge on any atom is 0.0164 e. The van der Waals surface area contributed by atoms with E-state index in [2.05, 4.69) is 39.1 Å². The Morgan fingerprint density at radius 3 is 2.73 bits per heavy atom. The van der Waals surface area contributed by atoms with E-state index < -0.39 is 0 Å². The van der Waals surface area contributed by atoms with E-state index in [-0.39, 0.29) is 0 Å². The molecular formula is C14H27N. The number of hydrogen-bond acceptors (Lipinski definition) is 1. The first-order valence-corrected chi connectivity index (χ1v) is 6.48. The van der Waals surface area contributed by atoms with Gasteiger partial charge in [0.25, 0.3) is 0 Å². The Labute approximate surface area is 95.3 Å². The molecule has 0 amide bonds. The van der Waals surface area contributed by atoms with Gasteiger partial charge in [-0.15, -0.1) is 0 Å². The molecule has 0 aromatic rings. The Morgan fingerprint density at radius 1 is 1.40 bits per heavy atom. The van der Waals surface area contributed by atoms with Crippen LogP contribution in [-0.4, -0.2) is 12.6 Å². The summed E-state index contributed by atoms with van der Waals surface area (Å²) in [5, 5.41) is 3.48. The first-order chi connectivity index (χ1) is 7.08. The molecule has 1 N–H and O–H groups in total. The number of hydrogen-bond donors (Lipinski definition) is 1. The van der Waals surface area contributed by atoms with Crippen molar-refractivity contribution in [2.24, 2.45) is 11.8 Å². The van der Waals surface area contributed by atoms with Gasteiger partial charge in [-0.2, -0.15) is 0 Å². The molecule has 0 saturated heterocycles. The van der Waals surface area contributed by atoms with Crippen LogP contribution in [0.5, 0.6) is 0 Å². The van der Waals surface area contributed by atoms with Crippen molar-refractivity contribution in [2.45, 2.75) is 59.4 Å². The highest BCUT2D eigenvalue weighted by molar-refractivity contribution is 5.04. The molecule has 0 radical (unpaired) electrons. The van der Waals surface area contributed by atoms with Crippen LogP contribution < -0.4 is 5.32 Å². The molecule has 0 spiro atoms. The normalized spacial score (nSPS) is 28.5. The Hall–Kier alpha value is -0.300. The van der Waals surface area contributed by atoms with Gasteiger partial charge in [0.2, 0.25) is 0 Å². The quantitative estimate of drug-likeness (QED) is 0.695. The molecule has 0 aromatic heterocycles. The molecule has 1 aliphatic carbocycles. The van der Waals surface area contributed by atoms with Crippen LogP contribution in [0.1, 0.15) is 53.4 Å². The van der Waals surface area contributed by atoms with Crippen molar-refractivity contribution in [2.75, 3.05) is 6.54 Å². The lowest BCUT2D eigenvalue weighted by molar-refractivity contribution is 0.324. The predicted molar refractivity (Wildman–Crippen MR) is 68.0 cm³/mol. The molecule has 88 valence electrons. The second-order valence-electron chi connectivity index (χ2n) is 5.58. The van der Waals surface area contributed by atoms with Crippen LogP contribution in [0, 0.1) is 11.8 Å². The van der Waals surface area contributed by atoms with Gasteiger partial charge in [-0.25, -0.2) is 0 Å². The Balaban J connectivity index is 2.33. The zero-order chi connectivity index (χ0) is 11.3. The fraction of sp³-hybridized carbons (Fsp3) is 0.857. The van der Waals surface area contributed by atoms with Crippen LogP contribution in [0.3, 0.4) is 0 Å². The van der Waals surface area contributed by atoms with Crippen molar-refractivity contribution in [3.8, 4) is 0 Å². The second-order valence-corrected chi connectivity index (χ2v) is 5.58. The molecular weight excluding hydrogens is 182 g/mol. The van der Waals surface area contributed by atoms with Crippen molar-refractivity contribution < 1.29 is 0 Å². The summed E-state index contributed by atoms with van der Waals surface area (Å²) in [6.45, 7) is 10.1. The minimum absolute atomic E-state index is 0.596. The molecule has 2 unspecified atom stereocenters. The molecule has 1 aliphatic rings. The van der Waals surface area contributed by atoms with E-state index in [0.717, 1.165) is 18.4 Å². The lowest BCUT2D eigenvalue weighted by atomic mass is 9.82. The summed E-state index contributed by atoms with van der Waals surface area (Å²) in [5.74, 6) is 1.79. The molecule has 0 heterocycles. The Kier molecular flexibility index (Phi) is 5.38. The van der Waals surface area contributed by atoms with Crippen LogP contribution >= 0.6 is 0 Å². The average molecular weight is 209 g/mol. The smallest absolute Gasteiger partial charge is 0.0164 e. The van der Waals surface area contributed by atoms with Crippen molar-refractivity contribution in [1.82, 2.24) is 5.32 Å². The number of rotatable bonds is 4. The summed E-state index contributed by atoms with van der Waals surface area (Å²) in [6, 6.07) is 0.596. The number of nitrogens with one attached hydrogen (secondary N) is 1. The molecule has 1 rings (SSSR count). The summed E-state index contributed by atoms with van der Waals surface area (Å²) >= 11 is 0. The molecule has 0 bridgehead atoms. The van der Waals surface area contributed by atoms with Crippen LogP contribution in [0.15, 0.2) is 11.6 Å². The molecule has 1 fully saturated rings. The Morgan fingerprint density at radius 2 is 2.13 bits per heavy atom. The van der Waals surface area contributed by atoms with E-state index >= 15 is 0 Å². The van der Waals surface area contributed by atoms with E-state index in [1.165, 1.54) is 31.3 Å². The van der Waals surface area contributed by atoms with E-state index in [9.17, 15) is 0 Å².